The van der Waals surface area contributed by atoms with Crippen molar-refractivity contribution in [2.75, 3.05) is 6.61 Å². The van der Waals surface area contributed by atoms with E-state index < -0.39 is 0 Å². The van der Waals surface area contributed by atoms with Gasteiger partial charge in [-0.3, -0.25) is 0 Å². The Labute approximate surface area is 115 Å². The number of ether oxygens (including phenoxy) is 1. The van der Waals surface area contributed by atoms with E-state index in [1.807, 2.05) is 41.3 Å². The summed E-state index contributed by atoms with van der Waals surface area (Å²) in [6.45, 7) is 2.78. The van der Waals surface area contributed by atoms with Crippen LogP contribution in [0.3, 0.4) is 0 Å². The third-order valence-electron chi connectivity index (χ3n) is 2.25. The Bertz CT molecular complexity index is 498. The molecule has 0 aliphatic heterocycles. The van der Waals surface area contributed by atoms with Gasteiger partial charge in [-0.05, 0) is 12.5 Å². The van der Waals surface area contributed by atoms with Gasteiger partial charge >= 0.3 is 5.97 Å². The molecule has 0 bridgehead atoms. The molecule has 0 radical (unpaired) electrons. The summed E-state index contributed by atoms with van der Waals surface area (Å²) in [5.74, 6) is -0.171. The Hall–Kier alpha value is -0.940. The molecule has 3 nitrogen and oxygen atoms in total. The number of carbonyl (C=O) groups is 1. The Balaban J connectivity index is 0.00000144. The molecule has 17 heavy (non-hydrogen) atoms. The number of halogens is 1. The van der Waals surface area contributed by atoms with Crippen molar-refractivity contribution in [3.05, 3.63) is 29.8 Å². The Morgan fingerprint density at radius 3 is 2.94 bits per heavy atom. The van der Waals surface area contributed by atoms with E-state index in [0.29, 0.717) is 13.2 Å². The average Bonchev–Trinajstić information content (AvgIpc) is 2.70. The maximum atomic E-state index is 11.5. The molecule has 5 heteroatoms. The van der Waals surface area contributed by atoms with Gasteiger partial charge in [-0.15, -0.1) is 0 Å². The van der Waals surface area contributed by atoms with Crippen molar-refractivity contribution < 1.29 is 31.1 Å². The van der Waals surface area contributed by atoms with Crippen LogP contribution in [0.5, 0.6) is 0 Å². The topological polar surface area (TPSA) is 30.2 Å². The molecular formula is C12H14BrNO2S. The zero-order valence-electron chi connectivity index (χ0n) is 9.56. The van der Waals surface area contributed by atoms with E-state index in [1.54, 1.807) is 11.3 Å². The summed E-state index contributed by atoms with van der Waals surface area (Å²) >= 11 is 1.63. The number of fused-ring (bicyclic) bond motifs is 1. The highest BCUT2D eigenvalue weighted by Crippen LogP contribution is 2.14. The van der Waals surface area contributed by atoms with Gasteiger partial charge in [0.15, 0.2) is 0 Å². The SMILES string of the molecule is CCCOC(=O)C[n+]1csc2ccccc21.[Br-]. The molecule has 0 fully saturated rings. The molecule has 1 aromatic carbocycles. The van der Waals surface area contributed by atoms with Gasteiger partial charge in [0.05, 0.1) is 6.61 Å². The maximum Gasteiger partial charge on any atom is 0.372 e. The van der Waals surface area contributed by atoms with Gasteiger partial charge < -0.3 is 21.7 Å². The molecule has 0 unspecified atom stereocenters. The Morgan fingerprint density at radius 2 is 2.18 bits per heavy atom. The molecule has 0 atom stereocenters. The van der Waals surface area contributed by atoms with Crippen LogP contribution in [0.1, 0.15) is 13.3 Å². The van der Waals surface area contributed by atoms with Crippen molar-refractivity contribution in [2.24, 2.45) is 0 Å². The van der Waals surface area contributed by atoms with Gasteiger partial charge in [-0.2, -0.15) is 4.57 Å². The fourth-order valence-corrected chi connectivity index (χ4v) is 2.39. The van der Waals surface area contributed by atoms with Crippen molar-refractivity contribution in [3.8, 4) is 0 Å². The molecule has 0 N–H and O–H groups in total. The van der Waals surface area contributed by atoms with Crippen molar-refractivity contribution in [1.82, 2.24) is 0 Å². The lowest BCUT2D eigenvalue weighted by Gasteiger charge is -1.98. The number of hydrogen-bond donors (Lipinski definition) is 0. The molecule has 0 saturated heterocycles. The minimum Gasteiger partial charge on any atom is -1.00 e. The van der Waals surface area contributed by atoms with Gasteiger partial charge in [0.2, 0.25) is 17.6 Å². The van der Waals surface area contributed by atoms with Crippen molar-refractivity contribution in [1.29, 1.82) is 0 Å². The molecule has 92 valence electrons. The van der Waals surface area contributed by atoms with Crippen LogP contribution in [0.25, 0.3) is 10.2 Å². The monoisotopic (exact) mass is 315 g/mol. The molecule has 0 spiro atoms. The van der Waals surface area contributed by atoms with E-state index in [2.05, 4.69) is 0 Å². The molecule has 0 saturated carbocycles. The molecular weight excluding hydrogens is 302 g/mol. The van der Waals surface area contributed by atoms with E-state index in [-0.39, 0.29) is 23.0 Å². The van der Waals surface area contributed by atoms with E-state index in [4.69, 9.17) is 4.74 Å². The summed E-state index contributed by atoms with van der Waals surface area (Å²) in [5.41, 5.74) is 3.04. The molecule has 2 rings (SSSR count). The molecule has 2 aromatic rings. The van der Waals surface area contributed by atoms with Crippen LogP contribution in [0.4, 0.5) is 0 Å². The molecule has 1 heterocycles. The zero-order chi connectivity index (χ0) is 11.4. The quantitative estimate of drug-likeness (QED) is 0.543. The third-order valence-corrected chi connectivity index (χ3v) is 3.21. The maximum absolute atomic E-state index is 11.5. The number of nitrogens with zero attached hydrogens (tertiary/aromatic N) is 1. The fourth-order valence-electron chi connectivity index (χ4n) is 1.49. The van der Waals surface area contributed by atoms with E-state index in [1.165, 1.54) is 4.70 Å². The second-order valence-electron chi connectivity index (χ2n) is 3.54. The summed E-state index contributed by atoms with van der Waals surface area (Å²) in [6, 6.07) is 8.04. The number of thiazole rings is 1. The summed E-state index contributed by atoms with van der Waals surface area (Å²) in [5, 5.41) is 0. The summed E-state index contributed by atoms with van der Waals surface area (Å²) in [7, 11) is 0. The first-order chi connectivity index (χ1) is 7.81. The van der Waals surface area contributed by atoms with Crippen LogP contribution < -0.4 is 21.5 Å². The number of rotatable bonds is 4. The normalized spacial score (nSPS) is 9.94. The fraction of sp³-hybridized carbons (Fsp3) is 0.333. The van der Waals surface area contributed by atoms with Gasteiger partial charge in [0.1, 0.15) is 4.70 Å². The standard InChI is InChI=1S/C12H14NO2S.BrH/c1-2-7-15-12(14)8-13-9-16-11-6-4-3-5-10(11)13;/h3-6,9H,2,7-8H2,1H3;1H/q+1;/p-1. The minimum atomic E-state index is -0.171. The highest BCUT2D eigenvalue weighted by atomic mass is 79.9. The second-order valence-corrected chi connectivity index (χ2v) is 4.43. The smallest absolute Gasteiger partial charge is 0.372 e. The van der Waals surface area contributed by atoms with E-state index in [0.717, 1.165) is 11.9 Å². The number of para-hydroxylation sites is 1. The lowest BCUT2D eigenvalue weighted by atomic mass is 10.3. The van der Waals surface area contributed by atoms with E-state index >= 15 is 0 Å². The Morgan fingerprint density at radius 1 is 1.41 bits per heavy atom. The van der Waals surface area contributed by atoms with Crippen LogP contribution in [-0.2, 0) is 16.1 Å². The predicted octanol–water partition coefficient (Wildman–Crippen LogP) is -0.854. The molecule has 1 aromatic heterocycles. The van der Waals surface area contributed by atoms with Crippen LogP contribution in [0, 0.1) is 0 Å². The lowest BCUT2D eigenvalue weighted by Crippen LogP contribution is -3.00. The van der Waals surface area contributed by atoms with Crippen molar-refractivity contribution >= 4 is 27.5 Å². The highest BCUT2D eigenvalue weighted by Gasteiger charge is 2.15. The van der Waals surface area contributed by atoms with Gasteiger partial charge in [-0.1, -0.05) is 30.4 Å². The van der Waals surface area contributed by atoms with Gasteiger partial charge in [-0.25, -0.2) is 4.79 Å². The molecule has 0 amide bonds. The van der Waals surface area contributed by atoms with Crippen LogP contribution in [0.15, 0.2) is 29.8 Å². The van der Waals surface area contributed by atoms with E-state index in [9.17, 15) is 4.79 Å². The van der Waals surface area contributed by atoms with Gasteiger partial charge in [0, 0.05) is 6.07 Å². The first-order valence-electron chi connectivity index (χ1n) is 5.32. The van der Waals surface area contributed by atoms with Crippen LogP contribution in [0.2, 0.25) is 0 Å². The van der Waals surface area contributed by atoms with Crippen LogP contribution >= 0.6 is 11.3 Å². The number of hydrogen-bond acceptors (Lipinski definition) is 3. The number of esters is 1. The Kier molecular flexibility index (Phi) is 5.58. The average molecular weight is 316 g/mol. The summed E-state index contributed by atoms with van der Waals surface area (Å²) in [4.78, 5) is 11.5. The third kappa shape index (κ3) is 3.51. The predicted molar refractivity (Wildman–Crippen MR) is 63.3 cm³/mol. The minimum absolute atomic E-state index is 0. The first-order valence-corrected chi connectivity index (χ1v) is 6.20. The molecule has 0 aliphatic carbocycles. The lowest BCUT2D eigenvalue weighted by molar-refractivity contribution is -0.655. The summed E-state index contributed by atoms with van der Waals surface area (Å²) in [6.07, 6.45) is 0.862. The first kappa shape index (κ1) is 14.1. The zero-order valence-corrected chi connectivity index (χ0v) is 12.0. The number of benzene rings is 1. The van der Waals surface area contributed by atoms with Crippen molar-refractivity contribution in [2.45, 2.75) is 19.9 Å². The number of aromatic nitrogens is 1. The largest absolute Gasteiger partial charge is 1.00 e. The molecule has 0 aliphatic rings. The summed E-state index contributed by atoms with van der Waals surface area (Å²) < 4.78 is 8.17. The van der Waals surface area contributed by atoms with Crippen LogP contribution in [-0.4, -0.2) is 12.6 Å². The van der Waals surface area contributed by atoms with Crippen molar-refractivity contribution in [3.63, 3.8) is 0 Å². The highest BCUT2D eigenvalue weighted by molar-refractivity contribution is 7.16. The number of carbonyl (C=O) groups excluding carboxylic acids is 1. The second kappa shape index (κ2) is 6.71. The van der Waals surface area contributed by atoms with Gasteiger partial charge in [0.25, 0.3) is 0 Å².